The number of carboxylic acid groups (broad SMARTS) is 1. The topological polar surface area (TPSA) is 57.6 Å². The number of hydrogen-bond acceptors (Lipinski definition) is 2. The lowest BCUT2D eigenvalue weighted by atomic mass is 9.97. The molecule has 1 atom stereocenters. The summed E-state index contributed by atoms with van der Waals surface area (Å²) in [5, 5.41) is 9.16. The van der Waals surface area contributed by atoms with Crippen LogP contribution in [-0.4, -0.2) is 28.4 Å². The van der Waals surface area contributed by atoms with Crippen LogP contribution in [-0.2, 0) is 16.1 Å². The standard InChI is InChI=1S/C15H19NO3/c17-14-13(15(18)19)9-5-2-6-10-16(14)11-12-7-3-1-4-8-12/h1,3-4,7-8,13H,2,5-6,9-11H2,(H,18,19). The number of carbonyl (C=O) groups excluding carboxylic acids is 1. The highest BCUT2D eigenvalue weighted by atomic mass is 16.4. The zero-order chi connectivity index (χ0) is 13.7. The van der Waals surface area contributed by atoms with Crippen molar-refractivity contribution < 1.29 is 14.7 Å². The van der Waals surface area contributed by atoms with E-state index in [1.54, 1.807) is 4.90 Å². The van der Waals surface area contributed by atoms with Gasteiger partial charge in [0.15, 0.2) is 0 Å². The molecule has 0 saturated carbocycles. The van der Waals surface area contributed by atoms with E-state index in [1.807, 2.05) is 30.3 Å². The number of benzene rings is 1. The fourth-order valence-electron chi connectivity index (χ4n) is 2.47. The van der Waals surface area contributed by atoms with E-state index in [0.717, 1.165) is 24.8 Å². The van der Waals surface area contributed by atoms with Crippen LogP contribution in [0.3, 0.4) is 0 Å². The molecule has 19 heavy (non-hydrogen) atoms. The molecule has 0 aliphatic carbocycles. The van der Waals surface area contributed by atoms with Crippen LogP contribution in [0.1, 0.15) is 31.2 Å². The number of hydrogen-bond donors (Lipinski definition) is 1. The summed E-state index contributed by atoms with van der Waals surface area (Å²) in [7, 11) is 0. The molecular formula is C15H19NO3. The third-order valence-electron chi connectivity index (χ3n) is 3.54. The first-order valence-corrected chi connectivity index (χ1v) is 6.74. The van der Waals surface area contributed by atoms with Crippen molar-refractivity contribution in [1.29, 1.82) is 0 Å². The Hall–Kier alpha value is -1.84. The second-order valence-electron chi connectivity index (χ2n) is 4.99. The first-order chi connectivity index (χ1) is 9.18. The first-order valence-electron chi connectivity index (χ1n) is 6.74. The van der Waals surface area contributed by atoms with E-state index < -0.39 is 11.9 Å². The van der Waals surface area contributed by atoms with Crippen molar-refractivity contribution in [3.63, 3.8) is 0 Å². The summed E-state index contributed by atoms with van der Waals surface area (Å²) in [5.74, 6) is -2.11. The van der Waals surface area contributed by atoms with Crippen molar-refractivity contribution in [3.8, 4) is 0 Å². The molecule has 0 bridgehead atoms. The Morgan fingerprint density at radius 3 is 2.63 bits per heavy atom. The zero-order valence-electron chi connectivity index (χ0n) is 10.9. The van der Waals surface area contributed by atoms with Gasteiger partial charge in [-0.15, -0.1) is 0 Å². The van der Waals surface area contributed by atoms with Crippen LogP contribution in [0.4, 0.5) is 0 Å². The van der Waals surface area contributed by atoms with E-state index in [2.05, 4.69) is 0 Å². The SMILES string of the molecule is O=C(O)C1CCCCCN(Cc2ccccc2)C1=O. The molecule has 1 heterocycles. The van der Waals surface area contributed by atoms with E-state index in [4.69, 9.17) is 5.11 Å². The van der Waals surface area contributed by atoms with Crippen molar-refractivity contribution in [1.82, 2.24) is 4.90 Å². The van der Waals surface area contributed by atoms with Gasteiger partial charge >= 0.3 is 5.97 Å². The lowest BCUT2D eigenvalue weighted by Crippen LogP contribution is -2.40. The molecule has 4 heteroatoms. The maximum Gasteiger partial charge on any atom is 0.316 e. The normalized spacial score (nSPS) is 20.7. The Morgan fingerprint density at radius 2 is 1.95 bits per heavy atom. The van der Waals surface area contributed by atoms with E-state index >= 15 is 0 Å². The molecule has 1 aliphatic rings. The van der Waals surface area contributed by atoms with Crippen LogP contribution in [0.5, 0.6) is 0 Å². The van der Waals surface area contributed by atoms with Crippen molar-refractivity contribution >= 4 is 11.9 Å². The summed E-state index contributed by atoms with van der Waals surface area (Å²) in [6, 6.07) is 9.71. The van der Waals surface area contributed by atoms with E-state index in [9.17, 15) is 9.59 Å². The molecule has 1 aromatic carbocycles. The van der Waals surface area contributed by atoms with Gasteiger partial charge < -0.3 is 10.0 Å². The molecule has 102 valence electrons. The third-order valence-corrected chi connectivity index (χ3v) is 3.54. The maximum atomic E-state index is 12.3. The minimum Gasteiger partial charge on any atom is -0.481 e. The Morgan fingerprint density at radius 1 is 1.21 bits per heavy atom. The quantitative estimate of drug-likeness (QED) is 0.849. The van der Waals surface area contributed by atoms with Gasteiger partial charge in [-0.1, -0.05) is 43.2 Å². The molecule has 0 spiro atoms. The molecule has 1 saturated heterocycles. The number of likely N-dealkylation sites (tertiary alicyclic amines) is 1. The summed E-state index contributed by atoms with van der Waals surface area (Å²) in [4.78, 5) is 25.2. The van der Waals surface area contributed by atoms with Crippen molar-refractivity contribution in [2.45, 2.75) is 32.2 Å². The maximum absolute atomic E-state index is 12.3. The van der Waals surface area contributed by atoms with E-state index in [-0.39, 0.29) is 5.91 Å². The van der Waals surface area contributed by atoms with E-state index in [1.165, 1.54) is 0 Å². The van der Waals surface area contributed by atoms with Crippen molar-refractivity contribution in [3.05, 3.63) is 35.9 Å². The largest absolute Gasteiger partial charge is 0.481 e. The van der Waals surface area contributed by atoms with Gasteiger partial charge in [-0.2, -0.15) is 0 Å². The summed E-state index contributed by atoms with van der Waals surface area (Å²) in [5.41, 5.74) is 1.04. The van der Waals surface area contributed by atoms with Gasteiger partial charge in [0, 0.05) is 13.1 Å². The molecule has 1 amide bonds. The molecule has 1 fully saturated rings. The number of amides is 1. The smallest absolute Gasteiger partial charge is 0.316 e. The highest BCUT2D eigenvalue weighted by Crippen LogP contribution is 2.19. The number of aliphatic carboxylic acids is 1. The number of carboxylic acids is 1. The van der Waals surface area contributed by atoms with Gasteiger partial charge in [0.1, 0.15) is 5.92 Å². The fourth-order valence-corrected chi connectivity index (χ4v) is 2.47. The van der Waals surface area contributed by atoms with Gasteiger partial charge in [-0.05, 0) is 18.4 Å². The predicted molar refractivity (Wildman–Crippen MR) is 71.5 cm³/mol. The van der Waals surface area contributed by atoms with Crippen molar-refractivity contribution in [2.75, 3.05) is 6.54 Å². The van der Waals surface area contributed by atoms with Gasteiger partial charge in [-0.25, -0.2) is 0 Å². The molecule has 1 aromatic rings. The summed E-state index contributed by atoms with van der Waals surface area (Å²) >= 11 is 0. The Bertz CT molecular complexity index is 444. The van der Waals surface area contributed by atoms with Crippen LogP contribution in [0, 0.1) is 5.92 Å². The molecule has 0 aromatic heterocycles. The average molecular weight is 261 g/mol. The lowest BCUT2D eigenvalue weighted by molar-refractivity contribution is -0.152. The summed E-state index contributed by atoms with van der Waals surface area (Å²) in [6.07, 6.45) is 3.22. The van der Waals surface area contributed by atoms with Crippen LogP contribution >= 0.6 is 0 Å². The summed E-state index contributed by atoms with van der Waals surface area (Å²) < 4.78 is 0. The van der Waals surface area contributed by atoms with Crippen LogP contribution in [0.25, 0.3) is 0 Å². The number of rotatable bonds is 3. The second-order valence-corrected chi connectivity index (χ2v) is 4.99. The van der Waals surface area contributed by atoms with Gasteiger partial charge in [0.2, 0.25) is 5.91 Å². The van der Waals surface area contributed by atoms with Gasteiger partial charge in [0.25, 0.3) is 0 Å². The number of carbonyl (C=O) groups is 2. The van der Waals surface area contributed by atoms with Crippen LogP contribution < -0.4 is 0 Å². The first kappa shape index (κ1) is 13.6. The minimum absolute atomic E-state index is 0.240. The fraction of sp³-hybridized carbons (Fsp3) is 0.467. The Balaban J connectivity index is 2.11. The third kappa shape index (κ3) is 3.56. The zero-order valence-corrected chi connectivity index (χ0v) is 10.9. The molecule has 4 nitrogen and oxygen atoms in total. The van der Waals surface area contributed by atoms with Crippen LogP contribution in [0.15, 0.2) is 30.3 Å². The highest BCUT2D eigenvalue weighted by Gasteiger charge is 2.31. The Kier molecular flexibility index (Phi) is 4.55. The minimum atomic E-state index is -0.995. The van der Waals surface area contributed by atoms with Crippen molar-refractivity contribution in [2.24, 2.45) is 5.92 Å². The van der Waals surface area contributed by atoms with E-state index in [0.29, 0.717) is 19.5 Å². The molecular weight excluding hydrogens is 242 g/mol. The lowest BCUT2D eigenvalue weighted by Gasteiger charge is -2.28. The number of nitrogens with zero attached hydrogens (tertiary/aromatic N) is 1. The Labute approximate surface area is 113 Å². The molecule has 1 N–H and O–H groups in total. The highest BCUT2D eigenvalue weighted by molar-refractivity contribution is 5.96. The monoisotopic (exact) mass is 261 g/mol. The van der Waals surface area contributed by atoms with Crippen LogP contribution in [0.2, 0.25) is 0 Å². The molecule has 2 rings (SSSR count). The predicted octanol–water partition coefficient (Wildman–Crippen LogP) is 2.29. The molecule has 1 aliphatic heterocycles. The second kappa shape index (κ2) is 6.36. The van der Waals surface area contributed by atoms with Gasteiger partial charge in [0.05, 0.1) is 0 Å². The summed E-state index contributed by atoms with van der Waals surface area (Å²) in [6.45, 7) is 1.15. The van der Waals surface area contributed by atoms with Gasteiger partial charge in [-0.3, -0.25) is 9.59 Å². The molecule has 1 unspecified atom stereocenters. The average Bonchev–Trinajstić information content (AvgIpc) is 2.39. The molecule has 0 radical (unpaired) electrons.